The van der Waals surface area contributed by atoms with E-state index in [2.05, 4.69) is 25.9 Å². The molecular weight excluding hydrogens is 417 g/mol. The highest BCUT2D eigenvalue weighted by molar-refractivity contribution is 14.2. The van der Waals surface area contributed by atoms with Crippen molar-refractivity contribution in [2.24, 2.45) is 5.92 Å². The number of hydrogen-bond donors (Lipinski definition) is 2. The molecular formula is C11H16INO7S. The van der Waals surface area contributed by atoms with Crippen LogP contribution in [-0.2, 0) is 19.0 Å². The Balaban J connectivity index is 2.18. The van der Waals surface area contributed by atoms with Crippen molar-refractivity contribution in [2.75, 3.05) is 19.5 Å². The smallest absolute Gasteiger partial charge is 0.410 e. The lowest BCUT2D eigenvalue weighted by molar-refractivity contribution is -0.252. The van der Waals surface area contributed by atoms with Gasteiger partial charge >= 0.3 is 12.1 Å². The number of halogens is 1. The summed E-state index contributed by atoms with van der Waals surface area (Å²) in [6, 6.07) is -1.76. The van der Waals surface area contributed by atoms with E-state index in [1.165, 1.54) is 16.0 Å². The number of ether oxygens (including phenoxy) is 3. The molecule has 0 radical (unpaired) electrons. The number of amides is 1. The number of rotatable bonds is 4. The molecule has 21 heavy (non-hydrogen) atoms. The SMILES string of the molecule is COC(=O)C1C2CC(C(O)OC2O)N1C(=O)OCCSI. The van der Waals surface area contributed by atoms with Gasteiger partial charge in [0.25, 0.3) is 0 Å². The van der Waals surface area contributed by atoms with Crippen molar-refractivity contribution in [3.63, 3.8) is 0 Å². The fourth-order valence-corrected chi connectivity index (χ4v) is 3.37. The van der Waals surface area contributed by atoms with Crippen LogP contribution in [0.3, 0.4) is 0 Å². The lowest BCUT2D eigenvalue weighted by atomic mass is 9.96. The Morgan fingerprint density at radius 1 is 1.43 bits per heavy atom. The lowest BCUT2D eigenvalue weighted by Crippen LogP contribution is -2.49. The molecule has 2 bridgehead atoms. The maximum atomic E-state index is 12.2. The van der Waals surface area contributed by atoms with Crippen LogP contribution in [0.2, 0.25) is 0 Å². The van der Waals surface area contributed by atoms with Crippen molar-refractivity contribution >= 4 is 42.2 Å². The Bertz CT molecular complexity index is 412. The number of hydrogen-bond acceptors (Lipinski definition) is 8. The van der Waals surface area contributed by atoms with Crippen molar-refractivity contribution in [3.05, 3.63) is 0 Å². The highest BCUT2D eigenvalue weighted by Gasteiger charge is 2.57. The maximum absolute atomic E-state index is 12.2. The van der Waals surface area contributed by atoms with Gasteiger partial charge in [-0.25, -0.2) is 9.59 Å². The van der Waals surface area contributed by atoms with Crippen LogP contribution >= 0.6 is 30.1 Å². The van der Waals surface area contributed by atoms with Crippen LogP contribution in [0.25, 0.3) is 0 Å². The summed E-state index contributed by atoms with van der Waals surface area (Å²) in [5, 5.41) is 19.7. The molecule has 2 aliphatic heterocycles. The summed E-state index contributed by atoms with van der Waals surface area (Å²) in [6.07, 6.45) is -3.17. The number of nitrogens with zero attached hydrogens (tertiary/aromatic N) is 1. The van der Waals surface area contributed by atoms with Gasteiger partial charge in [0.1, 0.15) is 12.6 Å². The fourth-order valence-electron chi connectivity index (χ4n) is 2.69. The topological polar surface area (TPSA) is 106 Å². The van der Waals surface area contributed by atoms with Gasteiger partial charge in [-0.15, -0.1) is 0 Å². The number of aliphatic hydroxyl groups is 2. The highest BCUT2D eigenvalue weighted by atomic mass is 127. The quantitative estimate of drug-likeness (QED) is 0.366. The van der Waals surface area contributed by atoms with E-state index in [0.29, 0.717) is 5.75 Å². The molecule has 1 amide bonds. The lowest BCUT2D eigenvalue weighted by Gasteiger charge is -2.30. The summed E-state index contributed by atoms with van der Waals surface area (Å²) < 4.78 is 14.7. The maximum Gasteiger partial charge on any atom is 0.410 e. The molecule has 0 saturated carbocycles. The van der Waals surface area contributed by atoms with Gasteiger partial charge in [0.05, 0.1) is 13.2 Å². The average Bonchev–Trinajstić information content (AvgIpc) is 2.82. The number of carbonyl (C=O) groups is 2. The van der Waals surface area contributed by atoms with Gasteiger partial charge in [0, 0.05) is 11.7 Å². The third kappa shape index (κ3) is 3.38. The second-order valence-electron chi connectivity index (χ2n) is 4.69. The van der Waals surface area contributed by atoms with Crippen molar-refractivity contribution in [1.82, 2.24) is 4.90 Å². The molecule has 0 aliphatic carbocycles. The van der Waals surface area contributed by atoms with E-state index in [9.17, 15) is 19.8 Å². The van der Waals surface area contributed by atoms with E-state index >= 15 is 0 Å². The van der Waals surface area contributed by atoms with Gasteiger partial charge < -0.3 is 24.4 Å². The summed E-state index contributed by atoms with van der Waals surface area (Å²) in [5.41, 5.74) is 0. The van der Waals surface area contributed by atoms with Crippen molar-refractivity contribution in [3.8, 4) is 0 Å². The zero-order valence-corrected chi connectivity index (χ0v) is 14.2. The fraction of sp³-hybridized carbons (Fsp3) is 0.818. The zero-order chi connectivity index (χ0) is 15.6. The average molecular weight is 433 g/mol. The van der Waals surface area contributed by atoms with E-state index in [0.717, 1.165) is 4.90 Å². The predicted molar refractivity (Wildman–Crippen MR) is 80.5 cm³/mol. The first-order valence-corrected chi connectivity index (χ1v) is 9.82. The number of methoxy groups -OCH3 is 1. The Morgan fingerprint density at radius 2 is 2.14 bits per heavy atom. The van der Waals surface area contributed by atoms with Gasteiger partial charge in [-0.05, 0) is 27.6 Å². The molecule has 0 aromatic carbocycles. The predicted octanol–water partition coefficient (Wildman–Crippen LogP) is 0.105. The molecule has 10 heteroatoms. The van der Waals surface area contributed by atoms with Gasteiger partial charge in [0.2, 0.25) is 0 Å². The summed E-state index contributed by atoms with van der Waals surface area (Å²) >= 11 is 2.08. The van der Waals surface area contributed by atoms with Crippen LogP contribution < -0.4 is 0 Å². The van der Waals surface area contributed by atoms with Gasteiger partial charge in [-0.1, -0.05) is 8.93 Å². The molecule has 5 unspecified atom stereocenters. The molecule has 2 rings (SSSR count). The van der Waals surface area contributed by atoms with Gasteiger partial charge in [0.15, 0.2) is 12.6 Å². The third-order valence-electron chi connectivity index (χ3n) is 3.59. The molecule has 8 nitrogen and oxygen atoms in total. The third-order valence-corrected chi connectivity index (χ3v) is 5.23. The number of fused-ring (bicyclic) bond motifs is 2. The molecule has 2 N–H and O–H groups in total. The molecule has 0 spiro atoms. The molecule has 120 valence electrons. The van der Waals surface area contributed by atoms with Crippen LogP contribution in [0.4, 0.5) is 4.79 Å². The first-order chi connectivity index (χ1) is 10.0. The second-order valence-corrected chi connectivity index (χ2v) is 7.18. The van der Waals surface area contributed by atoms with E-state index in [1.807, 2.05) is 0 Å². The minimum atomic E-state index is -1.36. The monoisotopic (exact) mass is 433 g/mol. The molecule has 5 atom stereocenters. The Morgan fingerprint density at radius 3 is 2.76 bits per heavy atom. The normalized spacial score (nSPS) is 34.7. The van der Waals surface area contributed by atoms with E-state index < -0.39 is 42.6 Å². The molecule has 0 aromatic heterocycles. The summed E-state index contributed by atoms with van der Waals surface area (Å²) in [4.78, 5) is 25.2. The van der Waals surface area contributed by atoms with E-state index in [-0.39, 0.29) is 13.0 Å². The zero-order valence-electron chi connectivity index (χ0n) is 11.2. The van der Waals surface area contributed by atoms with E-state index in [1.54, 1.807) is 0 Å². The minimum Gasteiger partial charge on any atom is -0.467 e. The first kappa shape index (κ1) is 17.1. The van der Waals surface area contributed by atoms with Crippen LogP contribution in [0.5, 0.6) is 0 Å². The number of likely N-dealkylation sites (tertiary alicyclic amines) is 1. The molecule has 2 heterocycles. The van der Waals surface area contributed by atoms with Crippen LogP contribution in [0.15, 0.2) is 0 Å². The van der Waals surface area contributed by atoms with Crippen molar-refractivity contribution in [1.29, 1.82) is 0 Å². The minimum absolute atomic E-state index is 0.188. The highest BCUT2D eigenvalue weighted by Crippen LogP contribution is 2.40. The van der Waals surface area contributed by atoms with Crippen LogP contribution in [0, 0.1) is 5.92 Å². The summed E-state index contributed by atoms with van der Waals surface area (Å²) in [7, 11) is 2.69. The summed E-state index contributed by atoms with van der Waals surface area (Å²) in [5.74, 6) is -0.699. The first-order valence-electron chi connectivity index (χ1n) is 6.29. The Labute approximate surface area is 137 Å². The molecule has 2 aliphatic rings. The Hall–Kier alpha value is -0.300. The number of esters is 1. The van der Waals surface area contributed by atoms with Crippen LogP contribution in [-0.4, -0.2) is 71.3 Å². The number of aliphatic hydroxyl groups excluding tert-OH is 2. The summed E-state index contributed by atoms with van der Waals surface area (Å²) in [6.45, 7) is 0.188. The van der Waals surface area contributed by atoms with Gasteiger partial charge in [-0.2, -0.15) is 0 Å². The standard InChI is InChI=1S/C11H16INO7S/c1-18-10(16)7-5-4-6(9(15)20-8(5)14)13(7)11(17)19-2-3-21-12/h5-9,14-15H,2-4H2,1H3. The van der Waals surface area contributed by atoms with E-state index in [4.69, 9.17) is 9.47 Å². The van der Waals surface area contributed by atoms with Crippen LogP contribution in [0.1, 0.15) is 6.42 Å². The van der Waals surface area contributed by atoms with Crippen molar-refractivity contribution < 1.29 is 34.0 Å². The number of carbonyl (C=O) groups excluding carboxylic acids is 2. The molecule has 2 fully saturated rings. The Kier molecular flexibility index (Phi) is 5.94. The molecule has 2 saturated heterocycles. The largest absolute Gasteiger partial charge is 0.467 e. The van der Waals surface area contributed by atoms with Crippen molar-refractivity contribution in [2.45, 2.75) is 31.1 Å². The second kappa shape index (κ2) is 7.31. The molecule has 0 aromatic rings. The van der Waals surface area contributed by atoms with Gasteiger partial charge in [-0.3, -0.25) is 4.90 Å².